The highest BCUT2D eigenvalue weighted by Gasteiger charge is 2.30. The van der Waals surface area contributed by atoms with E-state index in [2.05, 4.69) is 4.98 Å². The van der Waals surface area contributed by atoms with Gasteiger partial charge in [-0.2, -0.15) is 13.2 Å². The number of rotatable bonds is 6. The van der Waals surface area contributed by atoms with Gasteiger partial charge in [0.15, 0.2) is 5.58 Å². The minimum Gasteiger partial charge on any atom is -0.436 e. The summed E-state index contributed by atoms with van der Waals surface area (Å²) in [4.78, 5) is 4.42. The van der Waals surface area contributed by atoms with Gasteiger partial charge >= 0.3 is 6.18 Å². The fourth-order valence-corrected chi connectivity index (χ4v) is 2.78. The van der Waals surface area contributed by atoms with Crippen LogP contribution in [-0.4, -0.2) is 18.2 Å². The summed E-state index contributed by atoms with van der Waals surface area (Å²) in [5.74, 6) is 0.337. The van der Waals surface area contributed by atoms with E-state index < -0.39 is 11.7 Å². The average molecular weight is 396 g/mol. The van der Waals surface area contributed by atoms with Crippen molar-refractivity contribution < 1.29 is 22.3 Å². The van der Waals surface area contributed by atoms with Gasteiger partial charge in [-0.05, 0) is 48.9 Å². The van der Waals surface area contributed by atoms with Crippen LogP contribution in [0.5, 0.6) is 0 Å². The molecule has 0 aliphatic rings. The highest BCUT2D eigenvalue weighted by Crippen LogP contribution is 2.31. The molecule has 0 aliphatic heterocycles. The van der Waals surface area contributed by atoms with Crippen LogP contribution in [0.25, 0.3) is 22.7 Å². The Morgan fingerprint density at radius 3 is 2.78 bits per heavy atom. The van der Waals surface area contributed by atoms with E-state index in [1.165, 1.54) is 6.07 Å². The first-order valence-electron chi connectivity index (χ1n) is 8.39. The number of hydrogen-bond donors (Lipinski definition) is 0. The number of aromatic nitrogens is 1. The summed E-state index contributed by atoms with van der Waals surface area (Å²) >= 11 is 5.98. The molecule has 0 unspecified atom stereocenters. The Hall–Kier alpha value is -2.31. The Bertz CT molecular complexity index is 963. The van der Waals surface area contributed by atoms with Crippen LogP contribution in [0, 0.1) is 0 Å². The fourth-order valence-electron chi connectivity index (χ4n) is 2.61. The predicted octanol–water partition coefficient (Wildman–Crippen LogP) is 6.47. The third kappa shape index (κ3) is 4.90. The molecule has 7 heteroatoms. The lowest BCUT2D eigenvalue weighted by Gasteiger charge is -2.08. The molecule has 0 fully saturated rings. The van der Waals surface area contributed by atoms with Gasteiger partial charge in [0.25, 0.3) is 0 Å². The lowest BCUT2D eigenvalue weighted by atomic mass is 10.1. The second-order valence-electron chi connectivity index (χ2n) is 5.87. The maximum Gasteiger partial charge on any atom is 0.416 e. The smallest absolute Gasteiger partial charge is 0.416 e. The quantitative estimate of drug-likeness (QED) is 0.449. The van der Waals surface area contributed by atoms with Gasteiger partial charge in [-0.25, -0.2) is 4.98 Å². The molecule has 27 heavy (non-hydrogen) atoms. The average Bonchev–Trinajstić information content (AvgIpc) is 3.03. The molecular weight excluding hydrogens is 379 g/mol. The lowest BCUT2D eigenvalue weighted by molar-refractivity contribution is -0.137. The predicted molar refractivity (Wildman–Crippen MR) is 99.4 cm³/mol. The third-order valence-electron chi connectivity index (χ3n) is 3.90. The second-order valence-corrected chi connectivity index (χ2v) is 6.31. The number of oxazole rings is 1. The summed E-state index contributed by atoms with van der Waals surface area (Å²) in [5, 5.41) is 0.528. The van der Waals surface area contributed by atoms with Crippen LogP contribution in [-0.2, 0) is 10.9 Å². The van der Waals surface area contributed by atoms with Crippen molar-refractivity contribution in [3.05, 3.63) is 64.5 Å². The molecule has 1 heterocycles. The van der Waals surface area contributed by atoms with Crippen LogP contribution in [0.3, 0.4) is 0 Å². The van der Waals surface area contributed by atoms with Crippen LogP contribution >= 0.6 is 11.6 Å². The number of ether oxygens (including phenoxy) is 1. The molecule has 3 aromatic rings. The van der Waals surface area contributed by atoms with Crippen molar-refractivity contribution in [3.8, 4) is 0 Å². The Morgan fingerprint density at radius 2 is 2.04 bits per heavy atom. The summed E-state index contributed by atoms with van der Waals surface area (Å²) in [7, 11) is 0. The molecular formula is C20H17ClF3NO2. The maximum absolute atomic E-state index is 13.0. The van der Waals surface area contributed by atoms with Gasteiger partial charge < -0.3 is 9.15 Å². The summed E-state index contributed by atoms with van der Waals surface area (Å²) in [6.07, 6.45) is -2.31. The molecule has 0 bridgehead atoms. The van der Waals surface area contributed by atoms with Gasteiger partial charge in [-0.15, -0.1) is 0 Å². The highest BCUT2D eigenvalue weighted by atomic mass is 35.5. The van der Waals surface area contributed by atoms with E-state index in [0.717, 1.165) is 12.1 Å². The molecule has 142 valence electrons. The zero-order chi connectivity index (χ0) is 19.4. The van der Waals surface area contributed by atoms with E-state index in [9.17, 15) is 13.2 Å². The minimum atomic E-state index is -4.40. The van der Waals surface area contributed by atoms with E-state index in [0.29, 0.717) is 52.8 Å². The number of alkyl halides is 3. The molecule has 2 aromatic carbocycles. The van der Waals surface area contributed by atoms with Crippen LogP contribution < -0.4 is 0 Å². The number of hydrogen-bond acceptors (Lipinski definition) is 3. The van der Waals surface area contributed by atoms with E-state index in [1.54, 1.807) is 30.3 Å². The van der Waals surface area contributed by atoms with Crippen LogP contribution in [0.2, 0.25) is 5.02 Å². The molecule has 0 spiro atoms. The molecule has 0 N–H and O–H groups in total. The number of halogens is 4. The van der Waals surface area contributed by atoms with Crippen molar-refractivity contribution in [3.63, 3.8) is 0 Å². The Morgan fingerprint density at radius 1 is 1.22 bits per heavy atom. The minimum absolute atomic E-state index is 0.337. The monoisotopic (exact) mass is 395 g/mol. The first-order chi connectivity index (χ1) is 12.9. The fraction of sp³-hybridized carbons (Fsp3) is 0.250. The number of fused-ring (bicyclic) bond motifs is 1. The summed E-state index contributed by atoms with van der Waals surface area (Å²) in [6, 6.07) is 10.2. The number of benzene rings is 2. The third-order valence-corrected chi connectivity index (χ3v) is 4.13. The standard InChI is InChI=1S/C20H17ClF3NO2/c1-2-26-9-8-14(10-13-4-3-5-15(11-13)20(22,23)24)19-25-17-12-16(21)6-7-18(17)27-19/h3-7,10-12H,2,8-9H2,1H3. The topological polar surface area (TPSA) is 35.3 Å². The summed E-state index contributed by atoms with van der Waals surface area (Å²) < 4.78 is 50.1. The van der Waals surface area contributed by atoms with E-state index in [4.69, 9.17) is 20.8 Å². The van der Waals surface area contributed by atoms with E-state index in [1.807, 2.05) is 6.92 Å². The molecule has 0 radical (unpaired) electrons. The lowest BCUT2D eigenvalue weighted by Crippen LogP contribution is -2.04. The van der Waals surface area contributed by atoms with Gasteiger partial charge in [-0.3, -0.25) is 0 Å². The molecule has 0 amide bonds. The first-order valence-corrected chi connectivity index (χ1v) is 8.76. The molecule has 0 atom stereocenters. The zero-order valence-electron chi connectivity index (χ0n) is 14.5. The molecule has 3 nitrogen and oxygen atoms in total. The van der Waals surface area contributed by atoms with E-state index >= 15 is 0 Å². The van der Waals surface area contributed by atoms with Gasteiger partial charge in [0.1, 0.15) is 5.52 Å². The normalized spacial score (nSPS) is 12.7. The molecule has 0 aliphatic carbocycles. The van der Waals surface area contributed by atoms with Crippen molar-refractivity contribution in [2.75, 3.05) is 13.2 Å². The van der Waals surface area contributed by atoms with Gasteiger partial charge in [-0.1, -0.05) is 23.7 Å². The summed E-state index contributed by atoms with van der Waals surface area (Å²) in [5.41, 5.74) is 1.50. The molecule has 0 saturated heterocycles. The van der Waals surface area contributed by atoms with Crippen molar-refractivity contribution in [2.24, 2.45) is 0 Å². The Kier molecular flexibility index (Phi) is 5.87. The van der Waals surface area contributed by atoms with Gasteiger partial charge in [0.2, 0.25) is 5.89 Å². The largest absolute Gasteiger partial charge is 0.436 e. The summed E-state index contributed by atoms with van der Waals surface area (Å²) in [6.45, 7) is 2.82. The zero-order valence-corrected chi connectivity index (χ0v) is 15.3. The van der Waals surface area contributed by atoms with Crippen LogP contribution in [0.1, 0.15) is 30.4 Å². The molecule has 1 aromatic heterocycles. The Balaban J connectivity index is 2.00. The SMILES string of the molecule is CCOCCC(=Cc1cccc(C(F)(F)F)c1)c1nc2cc(Cl)ccc2o1. The number of nitrogens with zero attached hydrogens (tertiary/aromatic N) is 1. The second kappa shape index (κ2) is 8.15. The highest BCUT2D eigenvalue weighted by molar-refractivity contribution is 6.31. The van der Waals surface area contributed by atoms with Gasteiger partial charge in [0.05, 0.1) is 12.2 Å². The van der Waals surface area contributed by atoms with Crippen molar-refractivity contribution in [1.29, 1.82) is 0 Å². The Labute approximate surface area is 159 Å². The van der Waals surface area contributed by atoms with Crippen molar-refractivity contribution in [1.82, 2.24) is 4.98 Å². The van der Waals surface area contributed by atoms with Gasteiger partial charge in [0, 0.05) is 23.6 Å². The molecule has 0 saturated carbocycles. The van der Waals surface area contributed by atoms with Crippen molar-refractivity contribution >= 4 is 34.3 Å². The molecule has 3 rings (SSSR count). The van der Waals surface area contributed by atoms with Crippen LogP contribution in [0.15, 0.2) is 46.9 Å². The van der Waals surface area contributed by atoms with Crippen LogP contribution in [0.4, 0.5) is 13.2 Å². The van der Waals surface area contributed by atoms with E-state index in [-0.39, 0.29) is 0 Å². The van der Waals surface area contributed by atoms with Crippen molar-refractivity contribution in [2.45, 2.75) is 19.5 Å². The first kappa shape index (κ1) is 19.5. The maximum atomic E-state index is 13.0.